The van der Waals surface area contributed by atoms with Crippen molar-refractivity contribution in [2.75, 3.05) is 13.1 Å². The lowest BCUT2D eigenvalue weighted by molar-refractivity contribution is 0.157. The molecule has 1 aliphatic rings. The van der Waals surface area contributed by atoms with Gasteiger partial charge in [-0.25, -0.2) is 4.39 Å². The molecule has 28 heavy (non-hydrogen) atoms. The van der Waals surface area contributed by atoms with Crippen molar-refractivity contribution in [1.82, 2.24) is 4.90 Å². The minimum absolute atomic E-state index is 0.0532. The Hall–Kier alpha value is -2.65. The van der Waals surface area contributed by atoms with Gasteiger partial charge < -0.3 is 4.74 Å². The zero-order valence-electron chi connectivity index (χ0n) is 16.3. The second-order valence-electron chi connectivity index (χ2n) is 7.51. The van der Waals surface area contributed by atoms with Gasteiger partial charge in [0.2, 0.25) is 0 Å². The van der Waals surface area contributed by atoms with Gasteiger partial charge in [-0.2, -0.15) is 0 Å². The van der Waals surface area contributed by atoms with Crippen LogP contribution in [0.2, 0.25) is 0 Å². The first-order chi connectivity index (χ1) is 13.7. The molecular weight excluding hydrogens is 349 g/mol. The van der Waals surface area contributed by atoms with Crippen molar-refractivity contribution in [2.24, 2.45) is 0 Å². The third-order valence-corrected chi connectivity index (χ3v) is 5.49. The Balaban J connectivity index is 1.47. The maximum atomic E-state index is 13.5. The predicted octanol–water partition coefficient (Wildman–Crippen LogP) is 5.70. The third kappa shape index (κ3) is 4.42. The summed E-state index contributed by atoms with van der Waals surface area (Å²) in [5.74, 6) is 0.521. The zero-order chi connectivity index (χ0) is 19.3. The Labute approximate surface area is 166 Å². The normalized spacial score (nSPS) is 15.1. The van der Waals surface area contributed by atoms with Crippen LogP contribution in [-0.2, 0) is 13.0 Å². The molecule has 3 heteroatoms. The van der Waals surface area contributed by atoms with E-state index in [1.165, 1.54) is 23.3 Å². The second kappa shape index (κ2) is 8.57. The van der Waals surface area contributed by atoms with Crippen molar-refractivity contribution >= 4 is 0 Å². The van der Waals surface area contributed by atoms with Gasteiger partial charge >= 0.3 is 0 Å². The van der Waals surface area contributed by atoms with Crippen molar-refractivity contribution < 1.29 is 9.13 Å². The summed E-state index contributed by atoms with van der Waals surface area (Å²) in [5, 5.41) is 0. The lowest BCUT2D eigenvalue weighted by Gasteiger charge is -2.30. The highest BCUT2D eigenvalue weighted by Crippen LogP contribution is 2.29. The van der Waals surface area contributed by atoms with Crippen molar-refractivity contribution in [2.45, 2.75) is 32.4 Å². The highest BCUT2D eigenvalue weighted by molar-refractivity contribution is 5.34. The number of nitrogens with zero attached hydrogens (tertiary/aromatic N) is 1. The first-order valence-corrected chi connectivity index (χ1v) is 9.96. The number of halogens is 1. The van der Waals surface area contributed by atoms with Crippen LogP contribution in [0, 0.1) is 12.7 Å². The SMILES string of the molecule is Cc1cc(F)ccc1OC(CCN1CCc2ccccc2C1)c1ccccc1. The van der Waals surface area contributed by atoms with E-state index in [1.54, 1.807) is 6.07 Å². The second-order valence-corrected chi connectivity index (χ2v) is 7.51. The number of aryl methyl sites for hydroxylation is 1. The van der Waals surface area contributed by atoms with E-state index in [-0.39, 0.29) is 11.9 Å². The standard InChI is InChI=1S/C25H26FNO/c1-19-17-23(26)11-12-24(19)28-25(21-8-3-2-4-9-21)14-16-27-15-13-20-7-5-6-10-22(20)18-27/h2-12,17,25H,13-16,18H2,1H3. The fourth-order valence-corrected chi connectivity index (χ4v) is 3.90. The number of ether oxygens (including phenoxy) is 1. The topological polar surface area (TPSA) is 12.5 Å². The summed E-state index contributed by atoms with van der Waals surface area (Å²) < 4.78 is 19.8. The van der Waals surface area contributed by atoms with Gasteiger partial charge in [0.1, 0.15) is 17.7 Å². The molecule has 4 rings (SSSR count). The molecule has 0 saturated heterocycles. The van der Waals surface area contributed by atoms with E-state index in [0.717, 1.165) is 49.4 Å². The van der Waals surface area contributed by atoms with E-state index in [9.17, 15) is 4.39 Å². The maximum absolute atomic E-state index is 13.5. The van der Waals surface area contributed by atoms with Crippen LogP contribution in [-0.4, -0.2) is 18.0 Å². The molecule has 0 N–H and O–H groups in total. The molecule has 144 valence electrons. The minimum Gasteiger partial charge on any atom is -0.485 e. The molecule has 3 aromatic rings. The van der Waals surface area contributed by atoms with E-state index < -0.39 is 0 Å². The summed E-state index contributed by atoms with van der Waals surface area (Å²) in [7, 11) is 0. The van der Waals surface area contributed by atoms with Crippen molar-refractivity contribution in [1.29, 1.82) is 0 Å². The molecule has 0 aliphatic carbocycles. The molecule has 1 aliphatic heterocycles. The molecular formula is C25H26FNO. The molecule has 0 radical (unpaired) electrons. The van der Waals surface area contributed by atoms with Gasteiger partial charge in [0.25, 0.3) is 0 Å². The van der Waals surface area contributed by atoms with Gasteiger partial charge in [-0.1, -0.05) is 54.6 Å². The Morgan fingerprint density at radius 3 is 2.50 bits per heavy atom. The summed E-state index contributed by atoms with van der Waals surface area (Å²) in [4.78, 5) is 2.50. The average molecular weight is 375 g/mol. The van der Waals surface area contributed by atoms with Gasteiger partial charge in [-0.15, -0.1) is 0 Å². The van der Waals surface area contributed by atoms with Crippen LogP contribution in [0.3, 0.4) is 0 Å². The monoisotopic (exact) mass is 375 g/mol. The van der Waals surface area contributed by atoms with Crippen LogP contribution >= 0.6 is 0 Å². The third-order valence-electron chi connectivity index (χ3n) is 5.49. The first-order valence-electron chi connectivity index (χ1n) is 9.96. The molecule has 0 fully saturated rings. The zero-order valence-corrected chi connectivity index (χ0v) is 16.3. The minimum atomic E-state index is -0.229. The summed E-state index contributed by atoms with van der Waals surface area (Å²) >= 11 is 0. The molecule has 0 amide bonds. The molecule has 0 spiro atoms. The smallest absolute Gasteiger partial charge is 0.125 e. The first kappa shape index (κ1) is 18.7. The van der Waals surface area contributed by atoms with E-state index in [4.69, 9.17) is 4.74 Å². The van der Waals surface area contributed by atoms with E-state index >= 15 is 0 Å². The molecule has 1 atom stereocenters. The van der Waals surface area contributed by atoms with Gasteiger partial charge in [-0.3, -0.25) is 4.90 Å². The Kier molecular flexibility index (Phi) is 5.73. The van der Waals surface area contributed by atoms with Gasteiger partial charge in [-0.05, 0) is 53.8 Å². The average Bonchev–Trinajstić information content (AvgIpc) is 2.73. The van der Waals surface area contributed by atoms with Crippen LogP contribution in [0.15, 0.2) is 72.8 Å². The lowest BCUT2D eigenvalue weighted by Crippen LogP contribution is -2.32. The van der Waals surface area contributed by atoms with Crippen molar-refractivity contribution in [3.05, 3.63) is 101 Å². The van der Waals surface area contributed by atoms with Crippen LogP contribution < -0.4 is 4.74 Å². The number of rotatable bonds is 6. The van der Waals surface area contributed by atoms with Gasteiger partial charge in [0, 0.05) is 26.1 Å². The molecule has 0 saturated carbocycles. The lowest BCUT2D eigenvalue weighted by atomic mass is 9.99. The number of hydrogen-bond donors (Lipinski definition) is 0. The van der Waals surface area contributed by atoms with Crippen molar-refractivity contribution in [3.63, 3.8) is 0 Å². The molecule has 1 heterocycles. The molecule has 2 nitrogen and oxygen atoms in total. The molecule has 3 aromatic carbocycles. The predicted molar refractivity (Wildman–Crippen MR) is 111 cm³/mol. The van der Waals surface area contributed by atoms with Crippen LogP contribution in [0.5, 0.6) is 5.75 Å². The summed E-state index contributed by atoms with van der Waals surface area (Å²) in [6, 6.07) is 23.8. The van der Waals surface area contributed by atoms with Gasteiger partial charge in [0.15, 0.2) is 0 Å². The molecule has 1 unspecified atom stereocenters. The largest absolute Gasteiger partial charge is 0.485 e. The van der Waals surface area contributed by atoms with Crippen LogP contribution in [0.4, 0.5) is 4.39 Å². The highest BCUT2D eigenvalue weighted by Gasteiger charge is 2.20. The number of hydrogen-bond acceptors (Lipinski definition) is 2. The highest BCUT2D eigenvalue weighted by atomic mass is 19.1. The Morgan fingerprint density at radius 1 is 0.964 bits per heavy atom. The van der Waals surface area contributed by atoms with Crippen LogP contribution in [0.25, 0.3) is 0 Å². The number of benzene rings is 3. The molecule has 0 aromatic heterocycles. The van der Waals surface area contributed by atoms with Crippen molar-refractivity contribution in [3.8, 4) is 5.75 Å². The van der Waals surface area contributed by atoms with E-state index in [1.807, 2.05) is 25.1 Å². The fraction of sp³-hybridized carbons (Fsp3) is 0.280. The van der Waals surface area contributed by atoms with E-state index in [0.29, 0.717) is 0 Å². The Morgan fingerprint density at radius 2 is 1.71 bits per heavy atom. The summed E-state index contributed by atoms with van der Waals surface area (Å²) in [5.41, 5.74) is 4.88. The van der Waals surface area contributed by atoms with Crippen LogP contribution in [0.1, 0.15) is 34.8 Å². The Bertz CT molecular complexity index is 925. The fourth-order valence-electron chi connectivity index (χ4n) is 3.90. The van der Waals surface area contributed by atoms with Gasteiger partial charge in [0.05, 0.1) is 0 Å². The summed E-state index contributed by atoms with van der Waals surface area (Å²) in [6.07, 6.45) is 1.94. The molecule has 0 bridgehead atoms. The maximum Gasteiger partial charge on any atom is 0.125 e. The summed E-state index contributed by atoms with van der Waals surface area (Å²) in [6.45, 7) is 4.93. The van der Waals surface area contributed by atoms with E-state index in [2.05, 4.69) is 41.3 Å². The quantitative estimate of drug-likeness (QED) is 0.548. The number of fused-ring (bicyclic) bond motifs is 1.